The van der Waals surface area contributed by atoms with Gasteiger partial charge in [-0.1, -0.05) is 358 Å². The van der Waals surface area contributed by atoms with Crippen LogP contribution in [0.1, 0.15) is 44.5 Å². The van der Waals surface area contributed by atoms with Crippen molar-refractivity contribution in [1.29, 1.82) is 0 Å². The third-order valence-corrected chi connectivity index (χ3v) is 28.1. The molecule has 4 heteroatoms. The summed E-state index contributed by atoms with van der Waals surface area (Å²) in [5, 5.41) is 7.42. The highest BCUT2D eigenvalue weighted by Crippen LogP contribution is 2.66. The van der Waals surface area contributed by atoms with Crippen LogP contribution in [0.2, 0.25) is 0 Å². The van der Waals surface area contributed by atoms with Gasteiger partial charge >= 0.3 is 0 Å². The van der Waals surface area contributed by atoms with Crippen molar-refractivity contribution in [2.75, 3.05) is 9.80 Å². The second-order valence-corrected chi connectivity index (χ2v) is 34.8. The van der Waals surface area contributed by atoms with Crippen LogP contribution in [0, 0.1) is 0 Å². The smallest absolute Gasteiger partial charge is 0.0726 e. The third-order valence-electron chi connectivity index (χ3n) is 28.1. The molecule has 0 aliphatic heterocycles. The van der Waals surface area contributed by atoms with Crippen molar-refractivity contribution in [3.8, 4) is 100 Å². The summed E-state index contributed by atoms with van der Waals surface area (Å²) in [4.78, 5) is 4.91. The second-order valence-electron chi connectivity index (χ2n) is 34.8. The normalized spacial score (nSPS) is 12.9. The molecule has 0 fully saturated rings. The predicted molar refractivity (Wildman–Crippen MR) is 543 cm³/mol. The van der Waals surface area contributed by atoms with Crippen LogP contribution in [0.15, 0.2) is 497 Å². The Labute approximate surface area is 755 Å². The Morgan fingerprint density at radius 1 is 0.154 bits per heavy atom. The molecule has 0 saturated heterocycles. The Balaban J connectivity index is 0.000000137. The van der Waals surface area contributed by atoms with Crippen molar-refractivity contribution in [1.82, 2.24) is 9.13 Å². The third kappa shape index (κ3) is 11.4. The van der Waals surface area contributed by atoms with Crippen molar-refractivity contribution in [3.63, 3.8) is 0 Å². The minimum Gasteiger partial charge on any atom is -0.310 e. The molecule has 0 radical (unpaired) electrons. The molecule has 27 rings (SSSR count). The van der Waals surface area contributed by atoms with Crippen molar-refractivity contribution >= 4 is 88.5 Å². The summed E-state index contributed by atoms with van der Waals surface area (Å²) in [7, 11) is 0. The summed E-state index contributed by atoms with van der Waals surface area (Å²) in [6, 6.07) is 184. The van der Waals surface area contributed by atoms with Gasteiger partial charge in [0.1, 0.15) is 0 Å². The van der Waals surface area contributed by atoms with E-state index >= 15 is 0 Å². The number of hydrogen-bond acceptors (Lipinski definition) is 2. The van der Waals surface area contributed by atoms with E-state index in [4.69, 9.17) is 0 Å². The van der Waals surface area contributed by atoms with Crippen molar-refractivity contribution < 1.29 is 0 Å². The van der Waals surface area contributed by atoms with Gasteiger partial charge in [0.15, 0.2) is 0 Å². The highest BCUT2D eigenvalue weighted by Gasteiger charge is 2.53. The lowest BCUT2D eigenvalue weighted by Crippen LogP contribution is -2.26. The fourth-order valence-electron chi connectivity index (χ4n) is 22.7. The maximum atomic E-state index is 2.49. The Morgan fingerprint density at radius 2 is 0.438 bits per heavy atom. The molecule has 4 nitrogen and oxygen atoms in total. The molecular formula is C126H82N4. The van der Waals surface area contributed by atoms with Gasteiger partial charge in [0.05, 0.1) is 38.6 Å². The van der Waals surface area contributed by atoms with Crippen LogP contribution in [-0.2, 0) is 10.8 Å². The van der Waals surface area contributed by atoms with Crippen LogP contribution in [0.5, 0.6) is 0 Å². The first-order valence-electron chi connectivity index (χ1n) is 45.1. The van der Waals surface area contributed by atoms with Gasteiger partial charge in [-0.15, -0.1) is 0 Å². The van der Waals surface area contributed by atoms with Gasteiger partial charge in [0, 0.05) is 66.7 Å². The molecule has 2 spiro atoms. The number of para-hydroxylation sites is 5. The highest BCUT2D eigenvalue weighted by atomic mass is 15.2. The van der Waals surface area contributed by atoms with Gasteiger partial charge in [-0.3, -0.25) is 0 Å². The molecule has 4 aliphatic carbocycles. The summed E-state index contributed by atoms with van der Waals surface area (Å²) in [6.07, 6.45) is 0. The quantitative estimate of drug-likeness (QED) is 0.121. The minimum absolute atomic E-state index is 0.417. The lowest BCUT2D eigenvalue weighted by atomic mass is 9.70. The largest absolute Gasteiger partial charge is 0.310 e. The van der Waals surface area contributed by atoms with Crippen LogP contribution in [0.3, 0.4) is 0 Å². The van der Waals surface area contributed by atoms with Crippen LogP contribution in [0.4, 0.5) is 34.1 Å². The number of hydrogen-bond donors (Lipinski definition) is 0. The number of anilines is 6. The molecule has 0 amide bonds. The van der Waals surface area contributed by atoms with E-state index in [-0.39, 0.29) is 0 Å². The summed E-state index contributed by atoms with van der Waals surface area (Å²) in [5.41, 5.74) is 43.7. The fraction of sp³-hybridized carbons (Fsp3) is 0.0159. The zero-order chi connectivity index (χ0) is 85.5. The lowest BCUT2D eigenvalue weighted by Gasteiger charge is -2.32. The van der Waals surface area contributed by atoms with E-state index in [0.717, 1.165) is 39.7 Å². The molecule has 4 aliphatic rings. The van der Waals surface area contributed by atoms with Crippen molar-refractivity contribution in [2.45, 2.75) is 10.8 Å². The number of fused-ring (bicyclic) bond motifs is 27. The zero-order valence-electron chi connectivity index (χ0n) is 71.1. The molecule has 0 saturated carbocycles. The summed E-state index contributed by atoms with van der Waals surface area (Å²) < 4.78 is 4.75. The number of aromatic nitrogens is 2. The van der Waals surface area contributed by atoms with E-state index in [9.17, 15) is 0 Å². The molecule has 2 heterocycles. The average Bonchev–Trinajstić information content (AvgIpc) is 1.51. The maximum Gasteiger partial charge on any atom is 0.0726 e. The molecule has 0 bridgehead atoms. The Morgan fingerprint density at radius 3 is 0.862 bits per heavy atom. The topological polar surface area (TPSA) is 16.3 Å². The fourth-order valence-corrected chi connectivity index (χ4v) is 22.7. The van der Waals surface area contributed by atoms with Crippen LogP contribution < -0.4 is 9.80 Å². The zero-order valence-corrected chi connectivity index (χ0v) is 71.1. The number of nitrogens with zero attached hydrogens (tertiary/aromatic N) is 4. The molecule has 0 N–H and O–H groups in total. The monoisotopic (exact) mass is 1650 g/mol. The summed E-state index contributed by atoms with van der Waals surface area (Å²) >= 11 is 0. The number of benzene rings is 21. The highest BCUT2D eigenvalue weighted by molar-refractivity contribution is 6.13. The van der Waals surface area contributed by atoms with Crippen LogP contribution >= 0.6 is 0 Å². The molecule has 23 aromatic rings. The Hall–Kier alpha value is -16.9. The lowest BCUT2D eigenvalue weighted by molar-refractivity contribution is 0.793. The van der Waals surface area contributed by atoms with Gasteiger partial charge in [-0.05, 0) is 278 Å². The van der Waals surface area contributed by atoms with E-state index < -0.39 is 10.8 Å². The van der Waals surface area contributed by atoms with E-state index in [2.05, 4.69) is 516 Å². The van der Waals surface area contributed by atoms with Gasteiger partial charge < -0.3 is 18.9 Å². The SMILES string of the molecule is c1ccc(-n2c3ccccc3c3cc(-c4cccc(-c5cccc(N(c6ccc7c(c6)C6(c8ccccc8-c8ccccc86)c6ccccc6-7)c6cccc7ccccc67)c5)c4)ccc32)cc1.c1ccc(N(c2cccc(-c3cccc(-c4ccc5c(c4)c4ccccc4n5-c4ccccc4)c3)c2)c2ccc3c(c2)C2(c4ccccc4-c4ccccc42)c2ccccc2-3)cc1. The van der Waals surface area contributed by atoms with Crippen LogP contribution in [0.25, 0.3) is 155 Å². The first-order chi connectivity index (χ1) is 64.5. The Bertz CT molecular complexity index is 8390. The van der Waals surface area contributed by atoms with Gasteiger partial charge in [0.25, 0.3) is 0 Å². The van der Waals surface area contributed by atoms with Gasteiger partial charge in [0.2, 0.25) is 0 Å². The Kier molecular flexibility index (Phi) is 17.1. The molecule has 21 aromatic carbocycles. The van der Waals surface area contributed by atoms with Crippen LogP contribution in [-0.4, -0.2) is 9.13 Å². The van der Waals surface area contributed by atoms with Gasteiger partial charge in [-0.2, -0.15) is 0 Å². The van der Waals surface area contributed by atoms with Crippen molar-refractivity contribution in [2.24, 2.45) is 0 Å². The van der Waals surface area contributed by atoms with E-state index in [1.807, 2.05) is 0 Å². The van der Waals surface area contributed by atoms with Gasteiger partial charge in [-0.25, -0.2) is 0 Å². The number of rotatable bonds is 12. The summed E-state index contributed by atoms with van der Waals surface area (Å²) in [6.45, 7) is 0. The molecule has 0 unspecified atom stereocenters. The second kappa shape index (κ2) is 29.9. The molecule has 0 atom stereocenters. The molecule has 2 aromatic heterocycles. The molecule has 130 heavy (non-hydrogen) atoms. The summed E-state index contributed by atoms with van der Waals surface area (Å²) in [5.74, 6) is 0. The minimum atomic E-state index is -0.443. The first kappa shape index (κ1) is 74.5. The molecular weight excluding hydrogens is 1570 g/mol. The first-order valence-corrected chi connectivity index (χ1v) is 45.1. The molecule has 606 valence electrons. The maximum absolute atomic E-state index is 2.49. The average molecular weight is 1650 g/mol. The predicted octanol–water partition coefficient (Wildman–Crippen LogP) is 33.0. The van der Waals surface area contributed by atoms with E-state index in [1.54, 1.807) is 0 Å². The van der Waals surface area contributed by atoms with Crippen molar-refractivity contribution in [3.05, 3.63) is 542 Å². The van der Waals surface area contributed by atoms with E-state index in [0.29, 0.717) is 0 Å². The standard InChI is InChI=1S/C65H42N2.C61H40N2/c1-2-22-48(23-3-1)67-63-33-13-9-29-56(63)57-41-47(35-38-64(57)67)45-20-14-19-44(39-45)46-21-15-24-49(40-46)66(62-34-16-18-43-17-4-5-25-51(43)62)50-36-37-55-54-28-8-12-32-60(54)65(61(55)42-50)58-30-10-6-26-52(58)53-27-7-11-31-59(53)65;1-3-20-45(21-4-1)62(48-34-35-52-51-27-9-13-31-57(51)61(58(52)40-48)55-29-11-7-25-49(55)50-26-8-12-30-56(50)61)47-24-16-19-43(38-47)41-17-15-18-42(37-41)44-33-36-60-54(39-44)53-28-10-14-32-59(53)63(60)46-22-5-2-6-23-46/h1-42H;1-40H. The van der Waals surface area contributed by atoms with E-state index in [1.165, 1.54) is 194 Å².